The molecule has 0 spiro atoms. The third kappa shape index (κ3) is 4.43. The fraction of sp³-hybridized carbons (Fsp3) is 0.562. The van der Waals surface area contributed by atoms with Gasteiger partial charge in [0.2, 0.25) is 15.7 Å². The molecule has 1 fully saturated rings. The molecular weight excluding hydrogens is 338 g/mol. The van der Waals surface area contributed by atoms with Gasteiger partial charge < -0.3 is 10.2 Å². The van der Waals surface area contributed by atoms with E-state index < -0.39 is 15.6 Å². The molecule has 1 unspecified atom stereocenters. The summed E-state index contributed by atoms with van der Waals surface area (Å²) in [5.41, 5.74) is 0.762. The van der Waals surface area contributed by atoms with Crippen LogP contribution in [0, 0.1) is 0 Å². The highest BCUT2D eigenvalue weighted by atomic mass is 32.2. The van der Waals surface area contributed by atoms with Crippen LogP contribution in [0.3, 0.4) is 0 Å². The molecule has 0 aromatic heterocycles. The molecule has 24 heavy (non-hydrogen) atoms. The maximum Gasteiger partial charge on any atom is 0.341 e. The first kappa shape index (κ1) is 18.6. The van der Waals surface area contributed by atoms with Crippen LogP contribution >= 0.6 is 0 Å². The fourth-order valence-electron chi connectivity index (χ4n) is 2.81. The summed E-state index contributed by atoms with van der Waals surface area (Å²) in [7, 11) is -4.57. The number of halogens is 2. The van der Waals surface area contributed by atoms with E-state index in [1.807, 2.05) is 11.8 Å². The summed E-state index contributed by atoms with van der Waals surface area (Å²) in [6.45, 7) is 3.35. The van der Waals surface area contributed by atoms with Crippen molar-refractivity contribution >= 4 is 21.4 Å². The van der Waals surface area contributed by atoms with Crippen molar-refractivity contribution in [2.75, 3.05) is 18.0 Å². The largest absolute Gasteiger partial charge is 0.369 e. The van der Waals surface area contributed by atoms with E-state index in [1.54, 1.807) is 0 Å². The van der Waals surface area contributed by atoms with Crippen LogP contribution in [-0.4, -0.2) is 39.2 Å². The molecule has 1 N–H and O–H groups in total. The third-order valence-electron chi connectivity index (χ3n) is 4.03. The summed E-state index contributed by atoms with van der Waals surface area (Å²) in [4.78, 5) is 13.3. The van der Waals surface area contributed by atoms with Gasteiger partial charge in [0.25, 0.3) is 0 Å². The molecule has 5 nitrogen and oxygen atoms in total. The number of amides is 1. The molecule has 1 aliphatic rings. The Morgan fingerprint density at radius 1 is 1.33 bits per heavy atom. The summed E-state index contributed by atoms with van der Waals surface area (Å²) in [5, 5.41) is 2.99. The van der Waals surface area contributed by atoms with Gasteiger partial charge in [-0.05, 0) is 43.5 Å². The second kappa shape index (κ2) is 7.92. The average Bonchev–Trinajstić information content (AvgIpc) is 2.55. The van der Waals surface area contributed by atoms with Crippen LogP contribution in [0.15, 0.2) is 29.2 Å². The number of rotatable bonds is 6. The van der Waals surface area contributed by atoms with Crippen LogP contribution in [0.4, 0.5) is 14.5 Å². The first-order valence-corrected chi connectivity index (χ1v) is 9.55. The van der Waals surface area contributed by atoms with E-state index in [0.717, 1.165) is 31.5 Å². The van der Waals surface area contributed by atoms with Crippen molar-refractivity contribution in [2.45, 2.75) is 49.3 Å². The molecule has 0 saturated carbocycles. The lowest BCUT2D eigenvalue weighted by Gasteiger charge is -2.34. The highest BCUT2D eigenvalue weighted by Crippen LogP contribution is 2.24. The Labute approximate surface area is 141 Å². The van der Waals surface area contributed by atoms with Gasteiger partial charge in [-0.1, -0.05) is 6.92 Å². The van der Waals surface area contributed by atoms with Gasteiger partial charge in [0, 0.05) is 31.2 Å². The molecule has 1 heterocycles. The second-order valence-electron chi connectivity index (χ2n) is 5.90. The predicted molar refractivity (Wildman–Crippen MR) is 87.9 cm³/mol. The normalized spacial score (nSPS) is 18.7. The second-order valence-corrected chi connectivity index (χ2v) is 7.82. The van der Waals surface area contributed by atoms with Gasteiger partial charge in [-0.15, -0.1) is 0 Å². The van der Waals surface area contributed by atoms with Crippen LogP contribution in [0.25, 0.3) is 0 Å². The number of carbonyl (C=O) groups excluding carboxylic acids is 1. The average molecular weight is 360 g/mol. The van der Waals surface area contributed by atoms with Gasteiger partial charge in [0.1, 0.15) is 0 Å². The molecule has 1 amide bonds. The van der Waals surface area contributed by atoms with Crippen molar-refractivity contribution in [3.8, 4) is 0 Å². The molecule has 0 radical (unpaired) electrons. The van der Waals surface area contributed by atoms with Crippen molar-refractivity contribution in [3.05, 3.63) is 24.3 Å². The SMILES string of the molecule is CCCC(=O)NC1CCCN(c2ccc(S(=O)(=O)C(F)F)cc2)C1. The van der Waals surface area contributed by atoms with Gasteiger partial charge >= 0.3 is 5.76 Å². The van der Waals surface area contributed by atoms with Crippen molar-refractivity contribution in [1.29, 1.82) is 0 Å². The molecule has 1 aliphatic heterocycles. The third-order valence-corrected chi connectivity index (χ3v) is 5.43. The van der Waals surface area contributed by atoms with E-state index in [1.165, 1.54) is 24.3 Å². The number of nitrogens with one attached hydrogen (secondary N) is 1. The van der Waals surface area contributed by atoms with Gasteiger partial charge in [-0.25, -0.2) is 8.42 Å². The van der Waals surface area contributed by atoms with E-state index in [0.29, 0.717) is 13.0 Å². The van der Waals surface area contributed by atoms with Crippen LogP contribution in [0.1, 0.15) is 32.6 Å². The van der Waals surface area contributed by atoms with E-state index in [2.05, 4.69) is 5.32 Å². The number of nitrogens with zero attached hydrogens (tertiary/aromatic N) is 1. The van der Waals surface area contributed by atoms with E-state index >= 15 is 0 Å². The Kier molecular flexibility index (Phi) is 6.15. The van der Waals surface area contributed by atoms with E-state index in [-0.39, 0.29) is 16.8 Å². The molecule has 1 saturated heterocycles. The highest BCUT2D eigenvalue weighted by Gasteiger charge is 2.27. The maximum atomic E-state index is 12.6. The van der Waals surface area contributed by atoms with Crippen molar-refractivity contribution in [3.63, 3.8) is 0 Å². The first-order chi connectivity index (χ1) is 11.3. The molecule has 8 heteroatoms. The number of alkyl halides is 2. The van der Waals surface area contributed by atoms with E-state index in [4.69, 9.17) is 0 Å². The minimum absolute atomic E-state index is 0.0303. The quantitative estimate of drug-likeness (QED) is 0.847. The fourth-order valence-corrected chi connectivity index (χ4v) is 3.53. The van der Waals surface area contributed by atoms with Gasteiger partial charge in [0.05, 0.1) is 4.90 Å². The van der Waals surface area contributed by atoms with Gasteiger partial charge in [-0.2, -0.15) is 8.78 Å². The predicted octanol–water partition coefficient (Wildman–Crippen LogP) is 2.57. The zero-order valence-electron chi connectivity index (χ0n) is 13.5. The Bertz CT molecular complexity index is 662. The lowest BCUT2D eigenvalue weighted by atomic mass is 10.0. The number of carbonyl (C=O) groups is 1. The molecular formula is C16H22F2N2O3S. The summed E-state index contributed by atoms with van der Waals surface area (Å²) in [6, 6.07) is 5.52. The minimum Gasteiger partial charge on any atom is -0.369 e. The Hall–Kier alpha value is -1.70. The lowest BCUT2D eigenvalue weighted by Crippen LogP contribution is -2.47. The maximum absolute atomic E-state index is 12.6. The number of piperidine rings is 1. The zero-order valence-corrected chi connectivity index (χ0v) is 14.4. The van der Waals surface area contributed by atoms with Crippen LogP contribution < -0.4 is 10.2 Å². The van der Waals surface area contributed by atoms with Gasteiger partial charge in [0.15, 0.2) is 0 Å². The van der Waals surface area contributed by atoms with Gasteiger partial charge in [-0.3, -0.25) is 4.79 Å². The number of anilines is 1. The topological polar surface area (TPSA) is 66.5 Å². The smallest absolute Gasteiger partial charge is 0.341 e. The zero-order chi connectivity index (χ0) is 17.7. The monoisotopic (exact) mass is 360 g/mol. The van der Waals surface area contributed by atoms with Crippen molar-refractivity contribution < 1.29 is 22.0 Å². The molecule has 134 valence electrons. The van der Waals surface area contributed by atoms with E-state index in [9.17, 15) is 22.0 Å². The van der Waals surface area contributed by atoms with Crippen molar-refractivity contribution in [2.24, 2.45) is 0 Å². The Morgan fingerprint density at radius 3 is 2.58 bits per heavy atom. The number of benzene rings is 1. The Morgan fingerprint density at radius 2 is 2.00 bits per heavy atom. The summed E-state index contributed by atoms with van der Waals surface area (Å²) < 4.78 is 48.0. The molecule has 1 atom stereocenters. The number of sulfone groups is 1. The lowest BCUT2D eigenvalue weighted by molar-refractivity contribution is -0.121. The number of hydrogen-bond acceptors (Lipinski definition) is 4. The molecule has 0 aliphatic carbocycles. The first-order valence-electron chi connectivity index (χ1n) is 8.01. The molecule has 2 rings (SSSR count). The number of hydrogen-bond donors (Lipinski definition) is 1. The highest BCUT2D eigenvalue weighted by molar-refractivity contribution is 7.91. The van der Waals surface area contributed by atoms with Crippen LogP contribution in [0.5, 0.6) is 0 Å². The summed E-state index contributed by atoms with van der Waals surface area (Å²) in [5.74, 6) is -3.39. The summed E-state index contributed by atoms with van der Waals surface area (Å²) in [6.07, 6.45) is 3.08. The standard InChI is InChI=1S/C16H22F2N2O3S/c1-2-4-15(21)19-12-5-3-10-20(11-12)13-6-8-14(9-7-13)24(22,23)16(17)18/h6-9,12,16H,2-5,10-11H2,1H3,(H,19,21). The van der Waals surface area contributed by atoms with Crippen LogP contribution in [-0.2, 0) is 14.6 Å². The molecule has 1 aromatic rings. The Balaban J connectivity index is 2.05. The molecule has 1 aromatic carbocycles. The summed E-state index contributed by atoms with van der Waals surface area (Å²) >= 11 is 0. The minimum atomic E-state index is -4.57. The van der Waals surface area contributed by atoms with Crippen molar-refractivity contribution in [1.82, 2.24) is 5.32 Å². The molecule has 0 bridgehead atoms. The van der Waals surface area contributed by atoms with Crippen LogP contribution in [0.2, 0.25) is 0 Å².